The van der Waals surface area contributed by atoms with Gasteiger partial charge in [-0.2, -0.15) is 0 Å². The number of aromatic nitrogens is 2. The first kappa shape index (κ1) is 24.5. The van der Waals surface area contributed by atoms with Gasteiger partial charge in [0.25, 0.3) is 0 Å². The fraction of sp³-hybridized carbons (Fsp3) is 0.522. The summed E-state index contributed by atoms with van der Waals surface area (Å²) in [5.41, 5.74) is 1.14. The van der Waals surface area contributed by atoms with Gasteiger partial charge in [-0.15, -0.1) is 24.0 Å². The first-order chi connectivity index (χ1) is 15.2. The smallest absolute Gasteiger partial charge is 0.194 e. The van der Waals surface area contributed by atoms with Gasteiger partial charge < -0.3 is 24.9 Å². The first-order valence-corrected chi connectivity index (χ1v) is 11.3. The Hall–Kier alpha value is -2.14. The number of likely N-dealkylation sites (N-methyl/N-ethyl adjacent to an activating group) is 1. The van der Waals surface area contributed by atoms with Gasteiger partial charge in [-0.05, 0) is 37.7 Å². The summed E-state index contributed by atoms with van der Waals surface area (Å²) in [6.45, 7) is 11.6. The maximum atomic E-state index is 4.89. The van der Waals surface area contributed by atoms with Crippen molar-refractivity contribution in [2.75, 3.05) is 75.8 Å². The Bertz CT molecular complexity index is 829. The summed E-state index contributed by atoms with van der Waals surface area (Å²) in [7, 11) is 2.17. The van der Waals surface area contributed by atoms with Gasteiger partial charge in [0.05, 0.1) is 6.54 Å². The third-order valence-corrected chi connectivity index (χ3v) is 5.94. The van der Waals surface area contributed by atoms with Crippen molar-refractivity contribution in [2.45, 2.75) is 13.5 Å². The summed E-state index contributed by atoms with van der Waals surface area (Å²) in [6, 6.07) is 10.4. The molecule has 2 aliphatic heterocycles. The first-order valence-electron chi connectivity index (χ1n) is 11.3. The summed E-state index contributed by atoms with van der Waals surface area (Å²) >= 11 is 0. The molecule has 0 aliphatic carbocycles. The molecule has 4 rings (SSSR count). The van der Waals surface area contributed by atoms with Crippen LogP contribution in [-0.4, -0.2) is 91.7 Å². The zero-order valence-electron chi connectivity index (χ0n) is 19.2. The highest BCUT2D eigenvalue weighted by molar-refractivity contribution is 14.0. The number of hydrogen-bond acceptors (Lipinski definition) is 6. The molecule has 0 amide bonds. The van der Waals surface area contributed by atoms with E-state index in [1.807, 2.05) is 24.5 Å². The van der Waals surface area contributed by atoms with Gasteiger partial charge in [0.1, 0.15) is 11.6 Å². The Morgan fingerprint density at radius 3 is 2.19 bits per heavy atom. The number of piperazine rings is 2. The average Bonchev–Trinajstić information content (AvgIpc) is 2.83. The predicted octanol–water partition coefficient (Wildman–Crippen LogP) is 2.13. The molecule has 0 aromatic carbocycles. The van der Waals surface area contributed by atoms with Gasteiger partial charge >= 0.3 is 0 Å². The minimum absolute atomic E-state index is 0. The quantitative estimate of drug-likeness (QED) is 0.348. The summed E-state index contributed by atoms with van der Waals surface area (Å²) in [6.07, 6.45) is 3.83. The molecule has 8 nitrogen and oxygen atoms in total. The second-order valence-corrected chi connectivity index (χ2v) is 8.15. The van der Waals surface area contributed by atoms with Crippen molar-refractivity contribution in [3.63, 3.8) is 0 Å². The number of hydrogen-bond donors (Lipinski definition) is 1. The minimum atomic E-state index is 0. The number of anilines is 2. The van der Waals surface area contributed by atoms with Crippen molar-refractivity contribution in [1.29, 1.82) is 0 Å². The van der Waals surface area contributed by atoms with Crippen LogP contribution in [0.4, 0.5) is 11.6 Å². The lowest BCUT2D eigenvalue weighted by Gasteiger charge is -2.37. The third-order valence-electron chi connectivity index (χ3n) is 5.94. The molecule has 2 aromatic rings. The van der Waals surface area contributed by atoms with Crippen molar-refractivity contribution < 1.29 is 0 Å². The largest absolute Gasteiger partial charge is 0.357 e. The van der Waals surface area contributed by atoms with Gasteiger partial charge in [0.15, 0.2) is 5.96 Å². The Balaban J connectivity index is 0.00000289. The van der Waals surface area contributed by atoms with Crippen molar-refractivity contribution in [2.24, 2.45) is 4.99 Å². The fourth-order valence-electron chi connectivity index (χ4n) is 4.01. The number of nitrogens with one attached hydrogen (secondary N) is 1. The Labute approximate surface area is 208 Å². The molecule has 2 saturated heterocycles. The molecule has 0 unspecified atom stereocenters. The predicted molar refractivity (Wildman–Crippen MR) is 142 cm³/mol. The summed E-state index contributed by atoms with van der Waals surface area (Å²) in [4.78, 5) is 23.5. The summed E-state index contributed by atoms with van der Waals surface area (Å²) in [5.74, 6) is 3.10. The normalized spacial score (nSPS) is 17.8. The van der Waals surface area contributed by atoms with Crippen LogP contribution in [0.25, 0.3) is 0 Å². The van der Waals surface area contributed by atoms with E-state index < -0.39 is 0 Å². The van der Waals surface area contributed by atoms with E-state index >= 15 is 0 Å². The Morgan fingerprint density at radius 2 is 1.59 bits per heavy atom. The van der Waals surface area contributed by atoms with Crippen molar-refractivity contribution in [3.05, 3.63) is 48.3 Å². The zero-order valence-corrected chi connectivity index (χ0v) is 21.5. The van der Waals surface area contributed by atoms with E-state index in [1.165, 1.54) is 0 Å². The topological polar surface area (TPSA) is 63.1 Å². The van der Waals surface area contributed by atoms with Gasteiger partial charge in [0, 0.05) is 71.3 Å². The second-order valence-electron chi connectivity index (χ2n) is 8.15. The lowest BCUT2D eigenvalue weighted by Crippen LogP contribution is -2.52. The van der Waals surface area contributed by atoms with Crippen LogP contribution in [0.3, 0.4) is 0 Å². The lowest BCUT2D eigenvalue weighted by molar-refractivity contribution is 0.312. The van der Waals surface area contributed by atoms with E-state index in [-0.39, 0.29) is 24.0 Å². The third kappa shape index (κ3) is 6.44. The van der Waals surface area contributed by atoms with Crippen LogP contribution in [0.2, 0.25) is 0 Å². The molecule has 0 spiro atoms. The van der Waals surface area contributed by atoms with Crippen LogP contribution in [0.5, 0.6) is 0 Å². The van der Waals surface area contributed by atoms with Crippen molar-refractivity contribution >= 4 is 41.6 Å². The standard InChI is InChI=1S/C23H34N8.HI/c1-3-24-23(31-16-14-30(15-17-31)21-6-4-5-9-25-21)27-19-20-7-8-22(26-18-20)29-12-10-28(2)11-13-29;/h4-9,18H,3,10-17,19H2,1-2H3,(H,24,27);1H. The van der Waals surface area contributed by atoms with E-state index in [1.54, 1.807) is 0 Å². The zero-order chi connectivity index (χ0) is 21.5. The molecule has 174 valence electrons. The number of nitrogens with zero attached hydrogens (tertiary/aromatic N) is 7. The highest BCUT2D eigenvalue weighted by atomic mass is 127. The van der Waals surface area contributed by atoms with Crippen molar-refractivity contribution in [1.82, 2.24) is 25.1 Å². The van der Waals surface area contributed by atoms with E-state index in [0.29, 0.717) is 6.54 Å². The molecule has 4 heterocycles. The molecule has 1 N–H and O–H groups in total. The van der Waals surface area contributed by atoms with Crippen LogP contribution < -0.4 is 15.1 Å². The lowest BCUT2D eigenvalue weighted by atomic mass is 10.2. The highest BCUT2D eigenvalue weighted by Crippen LogP contribution is 2.15. The van der Waals surface area contributed by atoms with Crippen LogP contribution >= 0.6 is 24.0 Å². The monoisotopic (exact) mass is 550 g/mol. The molecule has 0 saturated carbocycles. The molecular weight excluding hydrogens is 515 g/mol. The molecular formula is C23H35IN8. The molecule has 32 heavy (non-hydrogen) atoms. The Morgan fingerprint density at radius 1 is 0.906 bits per heavy atom. The second kappa shape index (κ2) is 12.2. The molecule has 0 bridgehead atoms. The maximum Gasteiger partial charge on any atom is 0.194 e. The van der Waals surface area contributed by atoms with E-state index in [9.17, 15) is 0 Å². The summed E-state index contributed by atoms with van der Waals surface area (Å²) in [5, 5.41) is 3.45. The summed E-state index contributed by atoms with van der Waals surface area (Å²) < 4.78 is 0. The molecule has 2 aliphatic rings. The Kier molecular flexibility index (Phi) is 9.34. The van der Waals surface area contributed by atoms with E-state index in [0.717, 1.165) is 82.1 Å². The van der Waals surface area contributed by atoms with E-state index in [4.69, 9.17) is 9.98 Å². The molecule has 9 heteroatoms. The molecule has 0 radical (unpaired) electrons. The van der Waals surface area contributed by atoms with Crippen LogP contribution in [0.1, 0.15) is 12.5 Å². The van der Waals surface area contributed by atoms with Gasteiger partial charge in [-0.3, -0.25) is 0 Å². The van der Waals surface area contributed by atoms with Crippen molar-refractivity contribution in [3.8, 4) is 0 Å². The van der Waals surface area contributed by atoms with Gasteiger partial charge in [0.2, 0.25) is 0 Å². The molecule has 0 atom stereocenters. The van der Waals surface area contributed by atoms with Crippen LogP contribution in [-0.2, 0) is 6.54 Å². The van der Waals surface area contributed by atoms with Crippen LogP contribution in [0.15, 0.2) is 47.7 Å². The SMILES string of the molecule is CCNC(=NCc1ccc(N2CCN(C)CC2)nc1)N1CCN(c2ccccn2)CC1.I. The maximum absolute atomic E-state index is 4.89. The minimum Gasteiger partial charge on any atom is -0.357 e. The molecule has 2 aromatic heterocycles. The van der Waals surface area contributed by atoms with E-state index in [2.05, 4.69) is 62.1 Å². The number of guanidine groups is 1. The average molecular weight is 550 g/mol. The highest BCUT2D eigenvalue weighted by Gasteiger charge is 2.20. The number of aliphatic imine (C=N–C) groups is 1. The fourth-order valence-corrected chi connectivity index (χ4v) is 4.01. The number of rotatable bonds is 5. The number of halogens is 1. The number of pyridine rings is 2. The molecule has 2 fully saturated rings. The van der Waals surface area contributed by atoms with Gasteiger partial charge in [-0.1, -0.05) is 12.1 Å². The van der Waals surface area contributed by atoms with Gasteiger partial charge in [-0.25, -0.2) is 15.0 Å². The van der Waals surface area contributed by atoms with Crippen LogP contribution in [0, 0.1) is 0 Å².